The van der Waals surface area contributed by atoms with Crippen molar-refractivity contribution < 1.29 is 10.2 Å². The SMILES string of the molecule is OC[C@H](O)c1cnc2ccccc2c1. The lowest BCUT2D eigenvalue weighted by atomic mass is 10.1. The number of nitrogens with zero attached hydrogens (tertiary/aromatic N) is 1. The highest BCUT2D eigenvalue weighted by molar-refractivity contribution is 5.78. The van der Waals surface area contributed by atoms with E-state index in [2.05, 4.69) is 4.98 Å². The third-order valence-corrected chi connectivity index (χ3v) is 2.17. The minimum atomic E-state index is -0.841. The average molecular weight is 189 g/mol. The minimum absolute atomic E-state index is 0.278. The van der Waals surface area contributed by atoms with Crippen LogP contribution in [-0.4, -0.2) is 21.8 Å². The molecule has 0 amide bonds. The molecule has 0 bridgehead atoms. The third kappa shape index (κ3) is 1.60. The van der Waals surface area contributed by atoms with Gasteiger partial charge in [-0.15, -0.1) is 0 Å². The van der Waals surface area contributed by atoms with Crippen LogP contribution in [0.1, 0.15) is 11.7 Å². The molecule has 0 aliphatic rings. The topological polar surface area (TPSA) is 53.4 Å². The Morgan fingerprint density at radius 1 is 1.29 bits per heavy atom. The van der Waals surface area contributed by atoms with Gasteiger partial charge < -0.3 is 10.2 Å². The van der Waals surface area contributed by atoms with Crippen LogP contribution in [0, 0.1) is 0 Å². The normalized spacial score (nSPS) is 13.0. The fourth-order valence-electron chi connectivity index (χ4n) is 1.38. The van der Waals surface area contributed by atoms with E-state index in [4.69, 9.17) is 5.11 Å². The second-order valence-corrected chi connectivity index (χ2v) is 3.16. The van der Waals surface area contributed by atoms with Crippen molar-refractivity contribution >= 4 is 10.9 Å². The van der Waals surface area contributed by atoms with Gasteiger partial charge in [-0.1, -0.05) is 18.2 Å². The Hall–Kier alpha value is -1.45. The van der Waals surface area contributed by atoms with Gasteiger partial charge in [0.25, 0.3) is 0 Å². The van der Waals surface area contributed by atoms with E-state index >= 15 is 0 Å². The van der Waals surface area contributed by atoms with Crippen LogP contribution < -0.4 is 0 Å². The number of aromatic nitrogens is 1. The second-order valence-electron chi connectivity index (χ2n) is 3.16. The van der Waals surface area contributed by atoms with E-state index in [1.54, 1.807) is 6.20 Å². The maximum atomic E-state index is 9.40. The van der Waals surface area contributed by atoms with Gasteiger partial charge >= 0.3 is 0 Å². The third-order valence-electron chi connectivity index (χ3n) is 2.17. The fourth-order valence-corrected chi connectivity index (χ4v) is 1.38. The molecule has 1 aromatic carbocycles. The van der Waals surface area contributed by atoms with Crippen molar-refractivity contribution in [1.29, 1.82) is 0 Å². The molecule has 1 aromatic heterocycles. The summed E-state index contributed by atoms with van der Waals surface area (Å²) >= 11 is 0. The minimum Gasteiger partial charge on any atom is -0.393 e. The number of hydrogen-bond acceptors (Lipinski definition) is 3. The highest BCUT2D eigenvalue weighted by Crippen LogP contribution is 2.17. The van der Waals surface area contributed by atoms with Crippen molar-refractivity contribution in [3.63, 3.8) is 0 Å². The molecule has 0 fully saturated rings. The molecule has 2 rings (SSSR count). The summed E-state index contributed by atoms with van der Waals surface area (Å²) in [5.74, 6) is 0. The zero-order valence-corrected chi connectivity index (χ0v) is 7.59. The number of rotatable bonds is 2. The van der Waals surface area contributed by atoms with Crippen LogP contribution in [0.4, 0.5) is 0 Å². The molecular formula is C11H11NO2. The molecule has 0 aliphatic carbocycles. The Morgan fingerprint density at radius 2 is 2.07 bits per heavy atom. The van der Waals surface area contributed by atoms with Crippen LogP contribution in [0.15, 0.2) is 36.5 Å². The molecule has 2 N–H and O–H groups in total. The molecule has 0 aliphatic heterocycles. The van der Waals surface area contributed by atoms with E-state index in [-0.39, 0.29) is 6.61 Å². The molecule has 3 nitrogen and oxygen atoms in total. The molecule has 0 unspecified atom stereocenters. The number of fused-ring (bicyclic) bond motifs is 1. The summed E-state index contributed by atoms with van der Waals surface area (Å²) < 4.78 is 0. The molecule has 72 valence electrons. The summed E-state index contributed by atoms with van der Waals surface area (Å²) in [6.07, 6.45) is 0.746. The highest BCUT2D eigenvalue weighted by atomic mass is 16.3. The first-order chi connectivity index (χ1) is 6.81. The van der Waals surface area contributed by atoms with Crippen LogP contribution in [-0.2, 0) is 0 Å². The van der Waals surface area contributed by atoms with Gasteiger partial charge in [-0.05, 0) is 12.1 Å². The van der Waals surface area contributed by atoms with E-state index < -0.39 is 6.10 Å². The Labute approximate surface area is 81.7 Å². The van der Waals surface area contributed by atoms with Gasteiger partial charge in [-0.2, -0.15) is 0 Å². The Kier molecular flexibility index (Phi) is 2.43. The average Bonchev–Trinajstić information content (AvgIpc) is 2.27. The van der Waals surface area contributed by atoms with Crippen LogP contribution in [0.5, 0.6) is 0 Å². The predicted molar refractivity (Wildman–Crippen MR) is 53.8 cm³/mol. The lowest BCUT2D eigenvalue weighted by molar-refractivity contribution is 0.0955. The van der Waals surface area contributed by atoms with E-state index in [0.29, 0.717) is 5.56 Å². The van der Waals surface area contributed by atoms with Crippen molar-refractivity contribution in [3.05, 3.63) is 42.1 Å². The van der Waals surface area contributed by atoms with Gasteiger partial charge in [0.15, 0.2) is 0 Å². The van der Waals surface area contributed by atoms with E-state index in [1.165, 1.54) is 0 Å². The van der Waals surface area contributed by atoms with E-state index in [9.17, 15) is 5.11 Å². The van der Waals surface area contributed by atoms with Gasteiger partial charge in [0, 0.05) is 17.1 Å². The number of aliphatic hydroxyl groups excluding tert-OH is 2. The van der Waals surface area contributed by atoms with E-state index in [0.717, 1.165) is 10.9 Å². The molecule has 0 saturated carbocycles. The quantitative estimate of drug-likeness (QED) is 0.747. The lowest BCUT2D eigenvalue weighted by Crippen LogP contribution is -2.02. The summed E-state index contributed by atoms with van der Waals surface area (Å²) in [7, 11) is 0. The summed E-state index contributed by atoms with van der Waals surface area (Å²) in [5, 5.41) is 19.2. The zero-order valence-electron chi connectivity index (χ0n) is 7.59. The van der Waals surface area contributed by atoms with E-state index in [1.807, 2.05) is 30.3 Å². The first-order valence-corrected chi connectivity index (χ1v) is 4.45. The standard InChI is InChI=1S/C11H11NO2/c13-7-11(14)9-5-8-3-1-2-4-10(8)12-6-9/h1-6,11,13-14H,7H2/t11-/m0/s1. The number of para-hydroxylation sites is 1. The Bertz CT molecular complexity index is 442. The molecule has 1 atom stereocenters. The molecule has 0 radical (unpaired) electrons. The Balaban J connectivity index is 2.51. The maximum absolute atomic E-state index is 9.40. The molecular weight excluding hydrogens is 178 g/mol. The number of benzene rings is 1. The monoisotopic (exact) mass is 189 g/mol. The molecule has 0 spiro atoms. The number of aliphatic hydroxyl groups is 2. The van der Waals surface area contributed by atoms with Crippen molar-refractivity contribution in [2.45, 2.75) is 6.10 Å². The zero-order chi connectivity index (χ0) is 9.97. The molecule has 2 aromatic rings. The number of hydrogen-bond donors (Lipinski definition) is 2. The van der Waals surface area contributed by atoms with Gasteiger partial charge in [-0.25, -0.2) is 0 Å². The van der Waals surface area contributed by atoms with Crippen LogP contribution in [0.2, 0.25) is 0 Å². The van der Waals surface area contributed by atoms with Gasteiger partial charge in [0.2, 0.25) is 0 Å². The van der Waals surface area contributed by atoms with Crippen LogP contribution in [0.3, 0.4) is 0 Å². The largest absolute Gasteiger partial charge is 0.393 e. The maximum Gasteiger partial charge on any atom is 0.104 e. The molecule has 14 heavy (non-hydrogen) atoms. The Morgan fingerprint density at radius 3 is 2.86 bits per heavy atom. The van der Waals surface area contributed by atoms with Crippen LogP contribution >= 0.6 is 0 Å². The smallest absolute Gasteiger partial charge is 0.104 e. The first-order valence-electron chi connectivity index (χ1n) is 4.45. The lowest BCUT2D eigenvalue weighted by Gasteiger charge is -2.07. The molecule has 1 heterocycles. The van der Waals surface area contributed by atoms with Crippen molar-refractivity contribution in [2.75, 3.05) is 6.61 Å². The summed E-state index contributed by atoms with van der Waals surface area (Å²) in [6, 6.07) is 9.50. The van der Waals surface area contributed by atoms with Gasteiger partial charge in [-0.3, -0.25) is 4.98 Å². The summed E-state index contributed by atoms with van der Waals surface area (Å²) in [5.41, 5.74) is 1.53. The second kappa shape index (κ2) is 3.74. The van der Waals surface area contributed by atoms with Crippen molar-refractivity contribution in [1.82, 2.24) is 4.98 Å². The predicted octanol–water partition coefficient (Wildman–Crippen LogP) is 1.26. The van der Waals surface area contributed by atoms with Gasteiger partial charge in [0.05, 0.1) is 12.1 Å². The van der Waals surface area contributed by atoms with Gasteiger partial charge in [0.1, 0.15) is 6.10 Å². The molecule has 3 heteroatoms. The van der Waals surface area contributed by atoms with Crippen molar-refractivity contribution in [2.24, 2.45) is 0 Å². The summed E-state index contributed by atoms with van der Waals surface area (Å²) in [6.45, 7) is -0.278. The van der Waals surface area contributed by atoms with Crippen LogP contribution in [0.25, 0.3) is 10.9 Å². The highest BCUT2D eigenvalue weighted by Gasteiger charge is 2.06. The fraction of sp³-hybridized carbons (Fsp3) is 0.182. The van der Waals surface area contributed by atoms with Crippen molar-refractivity contribution in [3.8, 4) is 0 Å². The number of pyridine rings is 1. The summed E-state index contributed by atoms with van der Waals surface area (Å²) in [4.78, 5) is 4.18. The first kappa shape index (κ1) is 9.12. The molecule has 0 saturated heterocycles.